The molecule has 0 radical (unpaired) electrons. The topological polar surface area (TPSA) is 116 Å². The van der Waals surface area contributed by atoms with Crippen molar-refractivity contribution in [3.63, 3.8) is 0 Å². The number of nitro benzene ring substituents is 1. The summed E-state index contributed by atoms with van der Waals surface area (Å²) in [5, 5.41) is 14.2. The van der Waals surface area contributed by atoms with Crippen LogP contribution in [0.4, 0.5) is 11.4 Å². The predicted molar refractivity (Wildman–Crippen MR) is 155 cm³/mol. The summed E-state index contributed by atoms with van der Waals surface area (Å²) in [6.07, 6.45) is 3.93. The molecule has 1 N–H and O–H groups in total. The molecule has 0 unspecified atom stereocenters. The largest absolute Gasteiger partial charge is 0.494 e. The highest BCUT2D eigenvalue weighted by Gasteiger charge is 2.25. The molecule has 202 valence electrons. The number of rotatable bonds is 8. The summed E-state index contributed by atoms with van der Waals surface area (Å²) in [6, 6.07) is 11.1. The van der Waals surface area contributed by atoms with E-state index in [1.165, 1.54) is 23.1 Å². The van der Waals surface area contributed by atoms with Crippen molar-refractivity contribution in [2.24, 2.45) is 0 Å². The summed E-state index contributed by atoms with van der Waals surface area (Å²) in [5.41, 5.74) is 1.65. The van der Waals surface area contributed by atoms with Gasteiger partial charge in [-0.05, 0) is 75.4 Å². The number of carbonyl (C=O) groups excluding carboxylic acids is 1. The molecule has 2 heterocycles. The lowest BCUT2D eigenvalue weighted by molar-refractivity contribution is -0.384. The normalized spacial score (nSPS) is 13.6. The lowest BCUT2D eigenvalue weighted by atomic mass is 9.97. The minimum atomic E-state index is -0.663. The van der Waals surface area contributed by atoms with Gasteiger partial charge in [-0.1, -0.05) is 23.4 Å². The number of halogens is 1. The highest BCUT2D eigenvalue weighted by molar-refractivity contribution is 8.00. The molecule has 0 aliphatic heterocycles. The van der Waals surface area contributed by atoms with Gasteiger partial charge in [-0.3, -0.25) is 24.3 Å². The Kier molecular flexibility index (Phi) is 7.92. The molecule has 0 saturated carbocycles. The molecule has 1 amide bonds. The molecule has 9 nitrogen and oxygen atoms in total. The van der Waals surface area contributed by atoms with E-state index in [1.54, 1.807) is 35.0 Å². The second-order valence-electron chi connectivity index (χ2n) is 9.02. The van der Waals surface area contributed by atoms with Crippen LogP contribution < -0.4 is 15.6 Å². The second-order valence-corrected chi connectivity index (χ2v) is 11.8. The quantitative estimate of drug-likeness (QED) is 0.110. The van der Waals surface area contributed by atoms with Crippen molar-refractivity contribution < 1.29 is 14.5 Å². The minimum Gasteiger partial charge on any atom is -0.494 e. The van der Waals surface area contributed by atoms with Crippen molar-refractivity contribution in [2.45, 2.75) is 49.9 Å². The molecule has 1 aliphatic carbocycles. The molecule has 0 bridgehead atoms. The fourth-order valence-corrected chi connectivity index (χ4v) is 6.97. The van der Waals surface area contributed by atoms with E-state index in [4.69, 9.17) is 21.3 Å². The van der Waals surface area contributed by atoms with E-state index in [9.17, 15) is 19.7 Å². The Morgan fingerprint density at radius 1 is 1.26 bits per heavy atom. The fraction of sp³-hybridized carbons (Fsp3) is 0.296. The molecule has 1 aliphatic rings. The summed E-state index contributed by atoms with van der Waals surface area (Å²) in [7, 11) is 0. The molecule has 4 aromatic rings. The van der Waals surface area contributed by atoms with E-state index in [1.807, 2.05) is 19.1 Å². The summed E-state index contributed by atoms with van der Waals surface area (Å²) in [5.74, 6) is 0.312. The van der Waals surface area contributed by atoms with Crippen LogP contribution in [0.15, 0.2) is 52.4 Å². The lowest BCUT2D eigenvalue weighted by Gasteiger charge is -2.17. The molecule has 12 heteroatoms. The number of nitrogens with one attached hydrogen (secondary N) is 1. The van der Waals surface area contributed by atoms with Gasteiger partial charge in [-0.25, -0.2) is 4.98 Å². The van der Waals surface area contributed by atoms with Gasteiger partial charge in [0.1, 0.15) is 10.6 Å². The average Bonchev–Trinajstić information content (AvgIpc) is 3.29. The number of aromatic nitrogens is 2. The third-order valence-electron chi connectivity index (χ3n) is 6.44. The van der Waals surface area contributed by atoms with E-state index >= 15 is 0 Å². The summed E-state index contributed by atoms with van der Waals surface area (Å²) < 4.78 is 7.13. The number of carbonyl (C=O) groups is 1. The van der Waals surface area contributed by atoms with Crippen LogP contribution in [0.1, 0.15) is 37.1 Å². The highest BCUT2D eigenvalue weighted by Crippen LogP contribution is 2.36. The number of thiophene rings is 1. The fourth-order valence-electron chi connectivity index (χ4n) is 4.52. The average molecular weight is 585 g/mol. The maximum absolute atomic E-state index is 14.0. The Morgan fingerprint density at radius 3 is 2.69 bits per heavy atom. The first-order valence-electron chi connectivity index (χ1n) is 12.5. The molecule has 5 rings (SSSR count). The van der Waals surface area contributed by atoms with Gasteiger partial charge in [-0.2, -0.15) is 0 Å². The van der Waals surface area contributed by atoms with Crippen LogP contribution in [0.2, 0.25) is 5.02 Å². The molecule has 0 saturated heterocycles. The van der Waals surface area contributed by atoms with Crippen LogP contribution in [0.25, 0.3) is 15.9 Å². The van der Waals surface area contributed by atoms with Gasteiger partial charge in [0.2, 0.25) is 5.91 Å². The summed E-state index contributed by atoms with van der Waals surface area (Å²) >= 11 is 8.88. The molecular weight excluding hydrogens is 560 g/mol. The molecule has 0 fully saturated rings. The van der Waals surface area contributed by atoms with Crippen LogP contribution in [0.3, 0.4) is 0 Å². The number of thioether (sulfide) groups is 1. The number of ether oxygens (including phenoxy) is 1. The number of amides is 1. The first-order valence-corrected chi connectivity index (χ1v) is 14.6. The van der Waals surface area contributed by atoms with E-state index in [0.29, 0.717) is 33.4 Å². The van der Waals surface area contributed by atoms with Crippen LogP contribution in [-0.2, 0) is 17.6 Å². The van der Waals surface area contributed by atoms with E-state index in [-0.39, 0.29) is 27.9 Å². The zero-order chi connectivity index (χ0) is 27.7. The van der Waals surface area contributed by atoms with Crippen molar-refractivity contribution in [1.29, 1.82) is 0 Å². The monoisotopic (exact) mass is 584 g/mol. The van der Waals surface area contributed by atoms with Gasteiger partial charge in [0.05, 0.1) is 38.6 Å². The van der Waals surface area contributed by atoms with Gasteiger partial charge in [0.25, 0.3) is 11.2 Å². The van der Waals surface area contributed by atoms with Crippen LogP contribution in [-0.4, -0.2) is 32.2 Å². The number of nitrogens with zero attached hydrogens (tertiary/aromatic N) is 3. The second kappa shape index (κ2) is 11.4. The number of nitro groups is 1. The molecule has 1 atom stereocenters. The smallest absolute Gasteiger partial charge is 0.271 e. The van der Waals surface area contributed by atoms with Gasteiger partial charge in [-0.15, -0.1) is 11.3 Å². The lowest BCUT2D eigenvalue weighted by Crippen LogP contribution is -2.26. The number of anilines is 1. The standard InChI is InChI=1S/C27H25ClN4O5S2/c1-3-37-18-11-8-16(9-12-18)31-26(34)23-19-6-4-5-7-22(19)39-25(23)30-27(31)38-15(2)24(33)29-21-13-10-17(32(35)36)14-20(21)28/h8-15H,3-7H2,1-2H3,(H,29,33)/t15-/m1/s1. The van der Waals surface area contributed by atoms with Gasteiger partial charge in [0, 0.05) is 17.0 Å². The molecule has 39 heavy (non-hydrogen) atoms. The van der Waals surface area contributed by atoms with Crippen molar-refractivity contribution in [2.75, 3.05) is 11.9 Å². The van der Waals surface area contributed by atoms with Crippen LogP contribution in [0, 0.1) is 10.1 Å². The maximum Gasteiger partial charge on any atom is 0.271 e. The molecule has 2 aromatic carbocycles. The van der Waals surface area contributed by atoms with Crippen molar-refractivity contribution in [3.05, 3.63) is 78.4 Å². The van der Waals surface area contributed by atoms with Crippen molar-refractivity contribution in [3.8, 4) is 11.4 Å². The van der Waals surface area contributed by atoms with Crippen LogP contribution in [0.5, 0.6) is 5.75 Å². The number of hydrogen-bond acceptors (Lipinski definition) is 8. The predicted octanol–water partition coefficient (Wildman–Crippen LogP) is 6.41. The third kappa shape index (κ3) is 5.52. The Hall–Kier alpha value is -3.41. The molecule has 0 spiro atoms. The third-order valence-corrected chi connectivity index (χ3v) is 8.99. The maximum atomic E-state index is 14.0. The van der Waals surface area contributed by atoms with Crippen molar-refractivity contribution >= 4 is 62.2 Å². The van der Waals surface area contributed by atoms with Crippen molar-refractivity contribution in [1.82, 2.24) is 9.55 Å². The SMILES string of the molecule is CCOc1ccc(-n2c(S[C@H](C)C(=O)Nc3ccc([N+](=O)[O-])cc3Cl)nc3sc4c(c3c2=O)CCCC4)cc1. The molecule has 2 aromatic heterocycles. The highest BCUT2D eigenvalue weighted by atomic mass is 35.5. The zero-order valence-electron chi connectivity index (χ0n) is 21.2. The first-order chi connectivity index (χ1) is 18.8. The summed E-state index contributed by atoms with van der Waals surface area (Å²) in [6.45, 7) is 4.14. The van der Waals surface area contributed by atoms with E-state index < -0.39 is 10.2 Å². The van der Waals surface area contributed by atoms with Crippen LogP contribution >= 0.6 is 34.7 Å². The van der Waals surface area contributed by atoms with E-state index in [2.05, 4.69) is 5.32 Å². The Balaban J connectivity index is 1.51. The number of benzene rings is 2. The minimum absolute atomic E-state index is 0.0600. The number of fused-ring (bicyclic) bond motifs is 3. The first kappa shape index (κ1) is 27.2. The molecular formula is C27H25ClN4O5S2. The summed E-state index contributed by atoms with van der Waals surface area (Å²) in [4.78, 5) is 44.3. The van der Waals surface area contributed by atoms with Gasteiger partial charge >= 0.3 is 0 Å². The number of hydrogen-bond donors (Lipinski definition) is 1. The Labute approximate surface area is 237 Å². The number of aryl methyl sites for hydroxylation is 2. The Morgan fingerprint density at radius 2 is 2.00 bits per heavy atom. The van der Waals surface area contributed by atoms with Gasteiger partial charge < -0.3 is 10.1 Å². The van der Waals surface area contributed by atoms with Gasteiger partial charge in [0.15, 0.2) is 5.16 Å². The van der Waals surface area contributed by atoms with E-state index in [0.717, 1.165) is 43.0 Å². The number of non-ortho nitro benzene ring substituents is 1. The zero-order valence-corrected chi connectivity index (χ0v) is 23.6. The Bertz CT molecular complexity index is 1630.